The Kier molecular flexibility index (Phi) is 4.91. The molecule has 1 aliphatic rings. The Morgan fingerprint density at radius 2 is 2.04 bits per heavy atom. The molecule has 0 fully saturated rings. The van der Waals surface area contributed by atoms with Crippen LogP contribution >= 0.6 is 0 Å². The Labute approximate surface area is 138 Å². The molecule has 0 aliphatic heterocycles. The number of nitrogens with one attached hydrogen (secondary N) is 2. The molecule has 0 bridgehead atoms. The first-order chi connectivity index (χ1) is 11.1. The number of nitrogens with zero attached hydrogens (tertiary/aromatic N) is 1. The highest BCUT2D eigenvalue weighted by molar-refractivity contribution is 7.84. The minimum atomic E-state index is -1.00. The number of benzene rings is 1. The first-order valence-electron chi connectivity index (χ1n) is 7.87. The van der Waals surface area contributed by atoms with Gasteiger partial charge in [-0.3, -0.25) is 14.1 Å². The molecule has 1 aromatic carbocycles. The molecule has 5 nitrogen and oxygen atoms in total. The van der Waals surface area contributed by atoms with E-state index in [2.05, 4.69) is 15.5 Å². The van der Waals surface area contributed by atoms with Crippen molar-refractivity contribution in [3.05, 3.63) is 52.8 Å². The molecule has 6 heteroatoms. The summed E-state index contributed by atoms with van der Waals surface area (Å²) in [6, 6.07) is 9.38. The molecular formula is C17H21N3O2S. The summed E-state index contributed by atoms with van der Waals surface area (Å²) in [6.07, 6.45) is 5.73. The van der Waals surface area contributed by atoms with Crippen molar-refractivity contribution < 1.29 is 9.00 Å². The number of fused-ring (bicyclic) bond motifs is 1. The van der Waals surface area contributed by atoms with E-state index < -0.39 is 10.8 Å². The van der Waals surface area contributed by atoms with Gasteiger partial charge in [0.05, 0.1) is 6.04 Å². The van der Waals surface area contributed by atoms with Crippen molar-refractivity contribution in [2.24, 2.45) is 0 Å². The van der Waals surface area contributed by atoms with Crippen molar-refractivity contribution in [3.8, 4) is 0 Å². The maximum atomic E-state index is 12.7. The Morgan fingerprint density at radius 1 is 1.30 bits per heavy atom. The first kappa shape index (κ1) is 15.9. The largest absolute Gasteiger partial charge is 0.343 e. The third-order valence-corrected chi connectivity index (χ3v) is 4.98. The lowest BCUT2D eigenvalue weighted by Crippen LogP contribution is -2.32. The number of amides is 1. The SMILES string of the molecule is C[S@@](=O)C[C@@H](NC(=O)c1n[nH]c2c1CCCC2)c1ccccc1. The maximum absolute atomic E-state index is 12.7. The van der Waals surface area contributed by atoms with E-state index in [1.807, 2.05) is 30.3 Å². The minimum absolute atomic E-state index is 0.191. The lowest BCUT2D eigenvalue weighted by atomic mass is 9.95. The highest BCUT2D eigenvalue weighted by Crippen LogP contribution is 2.23. The second kappa shape index (κ2) is 7.08. The summed E-state index contributed by atoms with van der Waals surface area (Å²) in [4.78, 5) is 12.7. The Hall–Kier alpha value is -1.95. The number of aromatic nitrogens is 2. The van der Waals surface area contributed by atoms with Crippen LogP contribution in [-0.4, -0.2) is 32.3 Å². The number of carbonyl (C=O) groups is 1. The van der Waals surface area contributed by atoms with Gasteiger partial charge in [-0.1, -0.05) is 30.3 Å². The van der Waals surface area contributed by atoms with Gasteiger partial charge < -0.3 is 5.32 Å². The molecule has 2 N–H and O–H groups in total. The third-order valence-electron chi connectivity index (χ3n) is 4.18. The molecule has 2 aromatic rings. The molecule has 0 radical (unpaired) electrons. The monoisotopic (exact) mass is 331 g/mol. The molecule has 1 aromatic heterocycles. The normalized spacial score (nSPS) is 16.4. The van der Waals surface area contributed by atoms with Crippen LogP contribution in [0.4, 0.5) is 0 Å². The van der Waals surface area contributed by atoms with Crippen molar-refractivity contribution in [1.29, 1.82) is 0 Å². The Morgan fingerprint density at radius 3 is 2.78 bits per heavy atom. The van der Waals surface area contributed by atoms with Crippen LogP contribution in [0.5, 0.6) is 0 Å². The summed E-state index contributed by atoms with van der Waals surface area (Å²) in [7, 11) is -1.00. The zero-order valence-corrected chi connectivity index (χ0v) is 14.0. The molecule has 23 heavy (non-hydrogen) atoms. The van der Waals surface area contributed by atoms with Gasteiger partial charge in [0, 0.05) is 34.1 Å². The van der Waals surface area contributed by atoms with E-state index in [-0.39, 0.29) is 11.9 Å². The molecule has 1 amide bonds. The van der Waals surface area contributed by atoms with E-state index in [1.165, 1.54) is 0 Å². The first-order valence-corrected chi connectivity index (χ1v) is 9.60. The van der Waals surface area contributed by atoms with Crippen LogP contribution in [0.2, 0.25) is 0 Å². The van der Waals surface area contributed by atoms with Crippen LogP contribution in [0.15, 0.2) is 30.3 Å². The van der Waals surface area contributed by atoms with E-state index in [4.69, 9.17) is 0 Å². The van der Waals surface area contributed by atoms with Gasteiger partial charge in [-0.25, -0.2) is 0 Å². The van der Waals surface area contributed by atoms with Gasteiger partial charge in [0.2, 0.25) is 0 Å². The van der Waals surface area contributed by atoms with Crippen LogP contribution in [0, 0.1) is 0 Å². The molecular weight excluding hydrogens is 310 g/mol. The summed E-state index contributed by atoms with van der Waals surface area (Å²) in [5, 5.41) is 10.2. The fourth-order valence-electron chi connectivity index (χ4n) is 3.04. The van der Waals surface area contributed by atoms with Gasteiger partial charge in [-0.15, -0.1) is 0 Å². The molecule has 0 saturated heterocycles. The minimum Gasteiger partial charge on any atom is -0.343 e. The average molecular weight is 331 g/mol. The van der Waals surface area contributed by atoms with Gasteiger partial charge in [-0.05, 0) is 31.2 Å². The lowest BCUT2D eigenvalue weighted by molar-refractivity contribution is 0.0934. The molecule has 0 saturated carbocycles. The number of rotatable bonds is 5. The van der Waals surface area contributed by atoms with Crippen molar-refractivity contribution >= 4 is 16.7 Å². The van der Waals surface area contributed by atoms with Gasteiger partial charge in [0.25, 0.3) is 5.91 Å². The number of aryl methyl sites for hydroxylation is 1. The van der Waals surface area contributed by atoms with Crippen LogP contribution < -0.4 is 5.32 Å². The summed E-state index contributed by atoms with van der Waals surface area (Å²) in [5.41, 5.74) is 3.57. The van der Waals surface area contributed by atoms with E-state index in [9.17, 15) is 9.00 Å². The molecule has 122 valence electrons. The molecule has 3 rings (SSSR count). The van der Waals surface area contributed by atoms with Crippen LogP contribution in [-0.2, 0) is 23.6 Å². The highest BCUT2D eigenvalue weighted by atomic mass is 32.2. The summed E-state index contributed by atoms with van der Waals surface area (Å²) < 4.78 is 11.7. The fraction of sp³-hybridized carbons (Fsp3) is 0.412. The predicted octanol–water partition coefficient (Wildman–Crippen LogP) is 2.14. The number of hydrogen-bond acceptors (Lipinski definition) is 3. The number of aromatic amines is 1. The summed E-state index contributed by atoms with van der Waals surface area (Å²) in [5.74, 6) is 0.200. The lowest BCUT2D eigenvalue weighted by Gasteiger charge is -2.18. The van der Waals surface area contributed by atoms with Gasteiger partial charge in [0.15, 0.2) is 5.69 Å². The predicted molar refractivity (Wildman–Crippen MR) is 90.8 cm³/mol. The van der Waals surface area contributed by atoms with Crippen LogP contribution in [0.1, 0.15) is 46.2 Å². The zero-order valence-electron chi connectivity index (χ0n) is 13.2. The van der Waals surface area contributed by atoms with Crippen molar-refractivity contribution in [3.63, 3.8) is 0 Å². The maximum Gasteiger partial charge on any atom is 0.272 e. The fourth-order valence-corrected chi connectivity index (χ4v) is 3.78. The smallest absolute Gasteiger partial charge is 0.272 e. The second-order valence-electron chi connectivity index (χ2n) is 5.91. The topological polar surface area (TPSA) is 74.8 Å². The number of H-pyrrole nitrogens is 1. The van der Waals surface area contributed by atoms with Crippen molar-refractivity contribution in [1.82, 2.24) is 15.5 Å². The summed E-state index contributed by atoms with van der Waals surface area (Å²) >= 11 is 0. The van der Waals surface area contributed by atoms with E-state index in [0.29, 0.717) is 11.4 Å². The Bertz CT molecular complexity index is 712. The number of carbonyl (C=O) groups excluding carboxylic acids is 1. The van der Waals surface area contributed by atoms with Crippen molar-refractivity contribution in [2.45, 2.75) is 31.7 Å². The molecule has 0 spiro atoms. The molecule has 1 heterocycles. The molecule has 0 unspecified atom stereocenters. The Balaban J connectivity index is 1.81. The average Bonchev–Trinajstić information content (AvgIpc) is 2.99. The standard InChI is InChI=1S/C17H21N3O2S/c1-23(22)11-15(12-7-3-2-4-8-12)18-17(21)16-13-9-5-6-10-14(13)19-20-16/h2-4,7-8,15H,5-6,9-11H2,1H3,(H,18,21)(H,19,20)/t15-,23-/m1/s1. The molecule has 2 atom stereocenters. The zero-order chi connectivity index (χ0) is 16.2. The van der Waals surface area contributed by atoms with E-state index in [1.54, 1.807) is 6.26 Å². The van der Waals surface area contributed by atoms with E-state index >= 15 is 0 Å². The van der Waals surface area contributed by atoms with Gasteiger partial charge >= 0.3 is 0 Å². The highest BCUT2D eigenvalue weighted by Gasteiger charge is 2.24. The van der Waals surface area contributed by atoms with Crippen LogP contribution in [0.3, 0.4) is 0 Å². The van der Waals surface area contributed by atoms with Crippen molar-refractivity contribution in [2.75, 3.05) is 12.0 Å². The van der Waals surface area contributed by atoms with Crippen LogP contribution in [0.25, 0.3) is 0 Å². The van der Waals surface area contributed by atoms with Gasteiger partial charge in [0.1, 0.15) is 0 Å². The number of hydrogen-bond donors (Lipinski definition) is 2. The third kappa shape index (κ3) is 3.69. The van der Waals surface area contributed by atoms with E-state index in [0.717, 1.165) is 42.5 Å². The quantitative estimate of drug-likeness (QED) is 0.881. The summed E-state index contributed by atoms with van der Waals surface area (Å²) in [6.45, 7) is 0. The molecule has 1 aliphatic carbocycles. The second-order valence-corrected chi connectivity index (χ2v) is 7.39. The van der Waals surface area contributed by atoms with Gasteiger partial charge in [-0.2, -0.15) is 5.10 Å².